The van der Waals surface area contributed by atoms with Crippen LogP contribution in [0, 0.1) is 5.92 Å². The summed E-state index contributed by atoms with van der Waals surface area (Å²) in [6.45, 7) is 10.4. The third kappa shape index (κ3) is 4.05. The summed E-state index contributed by atoms with van der Waals surface area (Å²) in [6.07, 6.45) is 6.73. The largest absolute Gasteiger partial charge is 0.309 e. The average Bonchev–Trinajstić information content (AvgIpc) is 2.95. The van der Waals surface area contributed by atoms with Gasteiger partial charge in [-0.3, -0.25) is 9.58 Å². The molecule has 1 aromatic heterocycles. The fraction of sp³-hybridized carbons (Fsp3) is 0.800. The van der Waals surface area contributed by atoms with Gasteiger partial charge in [0.25, 0.3) is 0 Å². The van der Waals surface area contributed by atoms with E-state index < -0.39 is 0 Å². The molecule has 1 aromatic rings. The van der Waals surface area contributed by atoms with Crippen molar-refractivity contribution in [3.63, 3.8) is 0 Å². The summed E-state index contributed by atoms with van der Waals surface area (Å²) in [4.78, 5) is 2.65. The van der Waals surface area contributed by atoms with Crippen LogP contribution in [0.15, 0.2) is 12.4 Å². The van der Waals surface area contributed by atoms with E-state index in [0.29, 0.717) is 12.1 Å². The first-order valence-electron chi connectivity index (χ1n) is 7.52. The Hall–Kier alpha value is -0.870. The second-order valence-electron chi connectivity index (χ2n) is 6.26. The Morgan fingerprint density at radius 3 is 2.84 bits per heavy atom. The highest BCUT2D eigenvalue weighted by molar-refractivity contribution is 5.09. The molecule has 2 atom stereocenters. The maximum Gasteiger partial charge on any atom is 0.0537 e. The molecule has 0 saturated carbocycles. The Morgan fingerprint density at radius 1 is 1.42 bits per heavy atom. The number of aryl methyl sites for hydroxylation is 1. The predicted octanol–water partition coefficient (Wildman–Crippen LogP) is 2.19. The van der Waals surface area contributed by atoms with Crippen LogP contribution in [0.25, 0.3) is 0 Å². The molecule has 0 unspecified atom stereocenters. The fourth-order valence-corrected chi connectivity index (χ4v) is 2.93. The zero-order valence-electron chi connectivity index (χ0n) is 12.8. The van der Waals surface area contributed by atoms with E-state index in [1.54, 1.807) is 0 Å². The van der Waals surface area contributed by atoms with Crippen molar-refractivity contribution in [1.82, 2.24) is 20.0 Å². The van der Waals surface area contributed by atoms with Gasteiger partial charge in [0, 0.05) is 44.0 Å². The average molecular weight is 264 g/mol. The van der Waals surface area contributed by atoms with E-state index >= 15 is 0 Å². The van der Waals surface area contributed by atoms with E-state index in [1.807, 2.05) is 17.9 Å². The van der Waals surface area contributed by atoms with Crippen LogP contribution in [-0.4, -0.2) is 40.4 Å². The zero-order chi connectivity index (χ0) is 13.8. The Kier molecular flexibility index (Phi) is 4.99. The highest BCUT2D eigenvalue weighted by atomic mass is 15.2. The van der Waals surface area contributed by atoms with Crippen molar-refractivity contribution in [3.8, 4) is 0 Å². The van der Waals surface area contributed by atoms with Gasteiger partial charge >= 0.3 is 0 Å². The van der Waals surface area contributed by atoms with Gasteiger partial charge in [-0.15, -0.1) is 0 Å². The third-order valence-electron chi connectivity index (χ3n) is 3.98. The molecule has 0 amide bonds. The van der Waals surface area contributed by atoms with Crippen LogP contribution < -0.4 is 5.32 Å². The second kappa shape index (κ2) is 6.53. The van der Waals surface area contributed by atoms with Gasteiger partial charge in [0.15, 0.2) is 0 Å². The van der Waals surface area contributed by atoms with E-state index in [4.69, 9.17) is 0 Å². The van der Waals surface area contributed by atoms with Gasteiger partial charge in [-0.1, -0.05) is 13.8 Å². The third-order valence-corrected chi connectivity index (χ3v) is 3.98. The van der Waals surface area contributed by atoms with Crippen molar-refractivity contribution in [1.29, 1.82) is 0 Å². The summed E-state index contributed by atoms with van der Waals surface area (Å²) in [5, 5.41) is 7.90. The molecule has 0 spiro atoms. The molecule has 4 nitrogen and oxygen atoms in total. The van der Waals surface area contributed by atoms with Gasteiger partial charge in [0.05, 0.1) is 6.20 Å². The van der Waals surface area contributed by atoms with Crippen LogP contribution in [-0.2, 0) is 7.05 Å². The highest BCUT2D eigenvalue weighted by Gasteiger charge is 2.25. The molecule has 0 radical (unpaired) electrons. The normalized spacial score (nSPS) is 22.3. The first-order valence-corrected chi connectivity index (χ1v) is 7.52. The molecule has 0 aromatic carbocycles. The first kappa shape index (κ1) is 14.5. The van der Waals surface area contributed by atoms with Gasteiger partial charge < -0.3 is 5.32 Å². The van der Waals surface area contributed by atoms with Crippen LogP contribution in [0.4, 0.5) is 0 Å². The zero-order valence-corrected chi connectivity index (χ0v) is 12.8. The molecule has 108 valence electrons. The molecule has 2 heterocycles. The maximum atomic E-state index is 4.24. The molecule has 4 heteroatoms. The monoisotopic (exact) mass is 264 g/mol. The Balaban J connectivity index is 1.81. The van der Waals surface area contributed by atoms with Crippen molar-refractivity contribution in [2.24, 2.45) is 13.0 Å². The SMILES string of the molecule is CC(C)CN1CCC[C@H]1CN[C@H](C)c1cnn(C)c1. The van der Waals surface area contributed by atoms with Gasteiger partial charge in [-0.2, -0.15) is 5.10 Å². The topological polar surface area (TPSA) is 33.1 Å². The molecule has 1 saturated heterocycles. The molecule has 1 fully saturated rings. The van der Waals surface area contributed by atoms with Crippen molar-refractivity contribution in [3.05, 3.63) is 18.0 Å². The molecule has 19 heavy (non-hydrogen) atoms. The van der Waals surface area contributed by atoms with Crippen LogP contribution in [0.2, 0.25) is 0 Å². The highest BCUT2D eigenvalue weighted by Crippen LogP contribution is 2.19. The number of rotatable bonds is 6. The molecule has 2 rings (SSSR count). The Bertz CT molecular complexity index is 385. The minimum Gasteiger partial charge on any atom is -0.309 e. The van der Waals surface area contributed by atoms with Gasteiger partial charge in [-0.25, -0.2) is 0 Å². The van der Waals surface area contributed by atoms with Gasteiger partial charge in [-0.05, 0) is 32.2 Å². The summed E-state index contributed by atoms with van der Waals surface area (Å²) < 4.78 is 1.87. The molecular weight excluding hydrogens is 236 g/mol. The van der Waals surface area contributed by atoms with E-state index in [1.165, 1.54) is 31.5 Å². The quantitative estimate of drug-likeness (QED) is 0.855. The maximum absolute atomic E-state index is 4.24. The number of likely N-dealkylation sites (tertiary alicyclic amines) is 1. The number of nitrogens with one attached hydrogen (secondary N) is 1. The summed E-state index contributed by atoms with van der Waals surface area (Å²) in [5.74, 6) is 0.761. The standard InChI is InChI=1S/C15H28N4/c1-12(2)10-19-7-5-6-15(19)9-16-13(3)14-8-17-18(4)11-14/h8,11-13,15-16H,5-7,9-10H2,1-4H3/t13-,15+/m1/s1. The van der Waals surface area contributed by atoms with E-state index in [9.17, 15) is 0 Å². The lowest BCUT2D eigenvalue weighted by molar-refractivity contribution is 0.218. The minimum atomic E-state index is 0.384. The van der Waals surface area contributed by atoms with Crippen molar-refractivity contribution in [2.45, 2.75) is 45.7 Å². The molecule has 0 aliphatic carbocycles. The summed E-state index contributed by atoms with van der Waals surface area (Å²) in [6, 6.07) is 1.09. The van der Waals surface area contributed by atoms with Crippen LogP contribution in [0.1, 0.15) is 45.2 Å². The number of hydrogen-bond donors (Lipinski definition) is 1. The summed E-state index contributed by atoms with van der Waals surface area (Å²) >= 11 is 0. The predicted molar refractivity (Wildman–Crippen MR) is 79.1 cm³/mol. The Morgan fingerprint density at radius 2 is 2.21 bits per heavy atom. The Labute approximate surface area is 117 Å². The van der Waals surface area contributed by atoms with E-state index in [-0.39, 0.29) is 0 Å². The van der Waals surface area contributed by atoms with E-state index in [0.717, 1.165) is 12.5 Å². The van der Waals surface area contributed by atoms with Crippen molar-refractivity contribution >= 4 is 0 Å². The number of nitrogens with zero attached hydrogens (tertiary/aromatic N) is 3. The fourth-order valence-electron chi connectivity index (χ4n) is 2.93. The molecule has 1 N–H and O–H groups in total. The van der Waals surface area contributed by atoms with Crippen LogP contribution in [0.5, 0.6) is 0 Å². The molecule has 1 aliphatic rings. The lowest BCUT2D eigenvalue weighted by atomic mass is 10.1. The van der Waals surface area contributed by atoms with Crippen LogP contribution in [0.3, 0.4) is 0 Å². The van der Waals surface area contributed by atoms with Crippen molar-refractivity contribution in [2.75, 3.05) is 19.6 Å². The summed E-state index contributed by atoms with van der Waals surface area (Å²) in [7, 11) is 1.97. The van der Waals surface area contributed by atoms with Gasteiger partial charge in [0.1, 0.15) is 0 Å². The molecule has 1 aliphatic heterocycles. The smallest absolute Gasteiger partial charge is 0.0537 e. The van der Waals surface area contributed by atoms with Crippen molar-refractivity contribution < 1.29 is 0 Å². The first-order chi connectivity index (χ1) is 9.06. The number of hydrogen-bond acceptors (Lipinski definition) is 3. The minimum absolute atomic E-state index is 0.384. The number of aromatic nitrogens is 2. The molecule has 0 bridgehead atoms. The van der Waals surface area contributed by atoms with Gasteiger partial charge in [0.2, 0.25) is 0 Å². The molecular formula is C15H28N4. The lowest BCUT2D eigenvalue weighted by Gasteiger charge is -2.27. The summed E-state index contributed by atoms with van der Waals surface area (Å²) in [5.41, 5.74) is 1.27. The van der Waals surface area contributed by atoms with E-state index in [2.05, 4.69) is 42.3 Å². The van der Waals surface area contributed by atoms with Crippen LogP contribution >= 0.6 is 0 Å². The second-order valence-corrected chi connectivity index (χ2v) is 6.26. The lowest BCUT2D eigenvalue weighted by Crippen LogP contribution is -2.40.